The molecule has 0 unspecified atom stereocenters. The minimum atomic E-state index is 0.730. The Labute approximate surface area is 111 Å². The molecular weight excluding hydrogens is 236 g/mol. The molecule has 1 aliphatic carbocycles. The van der Waals surface area contributed by atoms with Gasteiger partial charge < -0.3 is 0 Å². The van der Waals surface area contributed by atoms with Gasteiger partial charge in [0.2, 0.25) is 0 Å². The Bertz CT molecular complexity index is 734. The van der Waals surface area contributed by atoms with Gasteiger partial charge in [-0.25, -0.2) is 4.52 Å². The van der Waals surface area contributed by atoms with Crippen LogP contribution < -0.4 is 0 Å². The van der Waals surface area contributed by atoms with Crippen LogP contribution in [0.1, 0.15) is 35.6 Å². The molecule has 1 fully saturated rings. The average Bonchev–Trinajstić information content (AvgIpc) is 3.05. The van der Waals surface area contributed by atoms with Crippen molar-refractivity contribution in [3.8, 4) is 0 Å². The number of hydrogen-bond donors (Lipinski definition) is 0. The second kappa shape index (κ2) is 3.95. The highest BCUT2D eigenvalue weighted by molar-refractivity contribution is 5.50. The predicted molar refractivity (Wildman–Crippen MR) is 73.2 cm³/mol. The molecule has 0 bridgehead atoms. The molecule has 0 amide bonds. The van der Waals surface area contributed by atoms with Gasteiger partial charge in [0, 0.05) is 12.4 Å². The molecule has 0 atom stereocenters. The Morgan fingerprint density at radius 1 is 1.32 bits per heavy atom. The van der Waals surface area contributed by atoms with E-state index in [1.54, 1.807) is 0 Å². The van der Waals surface area contributed by atoms with Gasteiger partial charge in [0.1, 0.15) is 0 Å². The number of fused-ring (bicyclic) bond motifs is 1. The summed E-state index contributed by atoms with van der Waals surface area (Å²) in [7, 11) is 0. The lowest BCUT2D eigenvalue weighted by molar-refractivity contribution is 0.665. The van der Waals surface area contributed by atoms with E-state index in [2.05, 4.69) is 41.5 Å². The van der Waals surface area contributed by atoms with Crippen LogP contribution in [0.2, 0.25) is 0 Å². The molecule has 1 saturated carbocycles. The van der Waals surface area contributed by atoms with Crippen LogP contribution in [0.15, 0.2) is 36.8 Å². The van der Waals surface area contributed by atoms with Gasteiger partial charge in [-0.1, -0.05) is 0 Å². The molecule has 0 aromatic carbocycles. The minimum absolute atomic E-state index is 0.730. The molecule has 0 spiro atoms. The van der Waals surface area contributed by atoms with Crippen molar-refractivity contribution in [2.45, 2.75) is 32.2 Å². The summed E-state index contributed by atoms with van der Waals surface area (Å²) >= 11 is 0. The fourth-order valence-corrected chi connectivity index (χ4v) is 2.53. The van der Waals surface area contributed by atoms with Gasteiger partial charge in [-0.15, -0.1) is 0 Å². The lowest BCUT2D eigenvalue weighted by Crippen LogP contribution is -2.00. The third kappa shape index (κ3) is 2.03. The Balaban J connectivity index is 1.67. The third-order valence-electron chi connectivity index (χ3n) is 3.67. The van der Waals surface area contributed by atoms with Crippen molar-refractivity contribution < 1.29 is 0 Å². The van der Waals surface area contributed by atoms with E-state index in [-0.39, 0.29) is 0 Å². The summed E-state index contributed by atoms with van der Waals surface area (Å²) in [6.45, 7) is 2.78. The fraction of sp³-hybridized carbons (Fsp3) is 0.333. The second-order valence-electron chi connectivity index (χ2n) is 5.45. The van der Waals surface area contributed by atoms with Crippen molar-refractivity contribution in [1.29, 1.82) is 0 Å². The van der Waals surface area contributed by atoms with Gasteiger partial charge in [-0.2, -0.15) is 10.2 Å². The first-order valence-corrected chi connectivity index (χ1v) is 6.75. The molecule has 1 aliphatic rings. The maximum atomic E-state index is 4.59. The zero-order chi connectivity index (χ0) is 12.8. The largest absolute Gasteiger partial charge is 0.266 e. The molecule has 0 N–H and O–H groups in total. The van der Waals surface area contributed by atoms with Crippen LogP contribution in [0.25, 0.3) is 5.52 Å². The summed E-state index contributed by atoms with van der Waals surface area (Å²) in [6.07, 6.45) is 8.66. The summed E-state index contributed by atoms with van der Waals surface area (Å²) in [4.78, 5) is 0. The Morgan fingerprint density at radius 2 is 2.21 bits per heavy atom. The molecule has 96 valence electrons. The number of hydrogen-bond acceptors (Lipinski definition) is 2. The van der Waals surface area contributed by atoms with Gasteiger partial charge in [-0.05, 0) is 55.0 Å². The van der Waals surface area contributed by atoms with Crippen molar-refractivity contribution in [1.82, 2.24) is 19.4 Å². The number of aryl methyl sites for hydroxylation is 1. The minimum Gasteiger partial charge on any atom is -0.266 e. The van der Waals surface area contributed by atoms with E-state index in [0.717, 1.165) is 18.2 Å². The third-order valence-corrected chi connectivity index (χ3v) is 3.67. The van der Waals surface area contributed by atoms with Crippen molar-refractivity contribution >= 4 is 5.52 Å². The van der Waals surface area contributed by atoms with Crippen LogP contribution in [0.5, 0.6) is 0 Å². The Hall–Kier alpha value is -2.10. The molecular formula is C15H16N4. The summed E-state index contributed by atoms with van der Waals surface area (Å²) < 4.78 is 3.89. The SMILES string of the molecule is Cc1cnn(Cc2cc3cc(C4CC4)ccn3n2)c1. The maximum absolute atomic E-state index is 4.59. The van der Waals surface area contributed by atoms with E-state index in [4.69, 9.17) is 0 Å². The number of nitrogens with zero attached hydrogens (tertiary/aromatic N) is 4. The number of pyridine rings is 1. The molecule has 19 heavy (non-hydrogen) atoms. The highest BCUT2D eigenvalue weighted by Crippen LogP contribution is 2.40. The van der Waals surface area contributed by atoms with Gasteiger partial charge in [0.15, 0.2) is 0 Å². The van der Waals surface area contributed by atoms with Crippen LogP contribution in [0.4, 0.5) is 0 Å². The molecule has 3 heterocycles. The normalized spacial score (nSPS) is 15.2. The fourth-order valence-electron chi connectivity index (χ4n) is 2.53. The van der Waals surface area contributed by atoms with Crippen molar-refractivity contribution in [3.63, 3.8) is 0 Å². The zero-order valence-corrected chi connectivity index (χ0v) is 11.0. The van der Waals surface area contributed by atoms with Crippen LogP contribution in [-0.2, 0) is 6.54 Å². The van der Waals surface area contributed by atoms with Crippen LogP contribution in [-0.4, -0.2) is 19.4 Å². The van der Waals surface area contributed by atoms with Gasteiger partial charge >= 0.3 is 0 Å². The van der Waals surface area contributed by atoms with E-state index in [0.29, 0.717) is 0 Å². The Kier molecular flexibility index (Phi) is 2.24. The smallest absolute Gasteiger partial charge is 0.0850 e. The quantitative estimate of drug-likeness (QED) is 0.718. The standard InChI is InChI=1S/C15H16N4/c1-11-8-16-18(9-11)10-14-7-15-6-13(12-2-3-12)4-5-19(15)17-14/h4-9,12H,2-3,10H2,1H3. The van der Waals surface area contributed by atoms with E-state index < -0.39 is 0 Å². The predicted octanol–water partition coefficient (Wildman–Crippen LogP) is 2.76. The first kappa shape index (κ1) is 10.8. The number of aromatic nitrogens is 4. The lowest BCUT2D eigenvalue weighted by Gasteiger charge is -1.98. The summed E-state index contributed by atoms with van der Waals surface area (Å²) in [5.74, 6) is 0.789. The van der Waals surface area contributed by atoms with Crippen molar-refractivity contribution in [2.75, 3.05) is 0 Å². The van der Waals surface area contributed by atoms with Gasteiger partial charge in [0.25, 0.3) is 0 Å². The molecule has 0 aliphatic heterocycles. The van der Waals surface area contributed by atoms with Crippen LogP contribution in [0, 0.1) is 6.92 Å². The van der Waals surface area contributed by atoms with E-state index >= 15 is 0 Å². The summed E-state index contributed by atoms with van der Waals surface area (Å²) in [5.41, 5.74) is 4.87. The molecule has 4 heteroatoms. The highest BCUT2D eigenvalue weighted by Gasteiger charge is 2.23. The monoisotopic (exact) mass is 252 g/mol. The summed E-state index contributed by atoms with van der Waals surface area (Å²) in [6, 6.07) is 6.62. The first-order valence-electron chi connectivity index (χ1n) is 6.75. The van der Waals surface area contributed by atoms with Crippen molar-refractivity contribution in [3.05, 3.63) is 53.6 Å². The lowest BCUT2D eigenvalue weighted by atomic mass is 10.1. The first-order chi connectivity index (χ1) is 9.28. The van der Waals surface area contributed by atoms with Crippen LogP contribution in [0.3, 0.4) is 0 Å². The van der Waals surface area contributed by atoms with Crippen LogP contribution >= 0.6 is 0 Å². The molecule has 0 radical (unpaired) electrons. The van der Waals surface area contributed by atoms with Crippen molar-refractivity contribution in [2.24, 2.45) is 0 Å². The van der Waals surface area contributed by atoms with E-state index in [9.17, 15) is 0 Å². The summed E-state index contributed by atoms with van der Waals surface area (Å²) in [5, 5.41) is 8.90. The highest BCUT2D eigenvalue weighted by atomic mass is 15.3. The van der Waals surface area contributed by atoms with E-state index in [1.165, 1.54) is 29.5 Å². The average molecular weight is 252 g/mol. The second-order valence-corrected chi connectivity index (χ2v) is 5.45. The molecule has 3 aromatic heterocycles. The molecule has 4 rings (SSSR count). The Morgan fingerprint density at radius 3 is 2.95 bits per heavy atom. The van der Waals surface area contributed by atoms with Gasteiger partial charge in [-0.3, -0.25) is 4.68 Å². The molecule has 4 nitrogen and oxygen atoms in total. The van der Waals surface area contributed by atoms with E-state index in [1.807, 2.05) is 21.6 Å². The molecule has 3 aromatic rings. The number of rotatable bonds is 3. The van der Waals surface area contributed by atoms with Gasteiger partial charge in [0.05, 0.1) is 24.0 Å². The maximum Gasteiger partial charge on any atom is 0.0850 e. The molecule has 0 saturated heterocycles. The zero-order valence-electron chi connectivity index (χ0n) is 11.0. The topological polar surface area (TPSA) is 35.1 Å².